The van der Waals surface area contributed by atoms with Crippen molar-refractivity contribution in [2.24, 2.45) is 0 Å². The Balaban J connectivity index is 1.23. The third-order valence-corrected chi connectivity index (χ3v) is 5.76. The van der Waals surface area contributed by atoms with Crippen LogP contribution in [0.5, 0.6) is 11.5 Å². The highest BCUT2D eigenvalue weighted by Crippen LogP contribution is 2.27. The first-order chi connectivity index (χ1) is 16.8. The average Bonchev–Trinajstić information content (AvgIpc) is 3.55. The molecule has 0 aliphatic heterocycles. The molecule has 1 N–H and O–H groups in total. The largest absolute Gasteiger partial charge is 0.496 e. The molecule has 1 aliphatic rings. The molecule has 168 valence electrons. The zero-order chi connectivity index (χ0) is 23.2. The summed E-state index contributed by atoms with van der Waals surface area (Å²) < 4.78 is 11.5. The van der Waals surface area contributed by atoms with Crippen LogP contribution in [0.2, 0.25) is 0 Å². The number of hydrogen-bond acceptors (Lipinski definition) is 3. The fraction of sp³-hybridized carbons (Fsp3) is 0.100. The summed E-state index contributed by atoms with van der Waals surface area (Å²) >= 11 is 0. The SMILES string of the molecule is COc1cc(OCc2ccccc2)ccc1/C=C/c1cc(/C=C/c2ccc3c(c2)CC=C3)n[nH]1. The van der Waals surface area contributed by atoms with E-state index in [-0.39, 0.29) is 0 Å². The van der Waals surface area contributed by atoms with Gasteiger partial charge >= 0.3 is 0 Å². The predicted molar refractivity (Wildman–Crippen MR) is 139 cm³/mol. The molecule has 0 radical (unpaired) electrons. The third-order valence-electron chi connectivity index (χ3n) is 5.76. The Morgan fingerprint density at radius 2 is 1.82 bits per heavy atom. The van der Waals surface area contributed by atoms with E-state index >= 15 is 0 Å². The van der Waals surface area contributed by atoms with E-state index in [0.29, 0.717) is 6.61 Å². The van der Waals surface area contributed by atoms with Crippen LogP contribution in [0.3, 0.4) is 0 Å². The fourth-order valence-electron chi connectivity index (χ4n) is 3.93. The minimum Gasteiger partial charge on any atom is -0.496 e. The molecule has 1 aromatic heterocycles. The molecule has 0 amide bonds. The normalized spacial score (nSPS) is 12.5. The summed E-state index contributed by atoms with van der Waals surface area (Å²) in [7, 11) is 1.67. The van der Waals surface area contributed by atoms with Gasteiger partial charge in [0, 0.05) is 11.6 Å². The monoisotopic (exact) mass is 446 g/mol. The molecule has 4 aromatic rings. The van der Waals surface area contributed by atoms with Gasteiger partial charge in [-0.3, -0.25) is 5.10 Å². The zero-order valence-corrected chi connectivity index (χ0v) is 19.1. The molecule has 0 unspecified atom stereocenters. The molecule has 1 heterocycles. The lowest BCUT2D eigenvalue weighted by Crippen LogP contribution is -1.96. The summed E-state index contributed by atoms with van der Waals surface area (Å²) in [6.45, 7) is 0.520. The van der Waals surface area contributed by atoms with E-state index in [1.165, 1.54) is 16.7 Å². The topological polar surface area (TPSA) is 47.1 Å². The van der Waals surface area contributed by atoms with Gasteiger partial charge in [0.05, 0.1) is 18.5 Å². The molecule has 0 saturated heterocycles. The van der Waals surface area contributed by atoms with Gasteiger partial charge in [-0.05, 0) is 65.1 Å². The molecule has 3 aromatic carbocycles. The Hall–Kier alpha value is -4.31. The number of fused-ring (bicyclic) bond motifs is 1. The van der Waals surface area contributed by atoms with E-state index in [2.05, 4.69) is 46.6 Å². The van der Waals surface area contributed by atoms with Crippen LogP contribution < -0.4 is 9.47 Å². The molecule has 1 aliphatic carbocycles. The average molecular weight is 447 g/mol. The molecule has 0 saturated carbocycles. The lowest BCUT2D eigenvalue weighted by molar-refractivity contribution is 0.303. The van der Waals surface area contributed by atoms with Crippen LogP contribution in [-0.2, 0) is 13.0 Å². The van der Waals surface area contributed by atoms with Gasteiger partial charge in [-0.25, -0.2) is 0 Å². The lowest BCUT2D eigenvalue weighted by atomic mass is 10.1. The van der Waals surface area contributed by atoms with Crippen molar-refractivity contribution in [3.05, 3.63) is 118 Å². The summed E-state index contributed by atoms with van der Waals surface area (Å²) in [5.41, 5.74) is 7.77. The number of nitrogens with zero attached hydrogens (tertiary/aromatic N) is 1. The third kappa shape index (κ3) is 5.18. The number of benzene rings is 3. The van der Waals surface area contributed by atoms with Crippen LogP contribution in [0.1, 0.15) is 39.2 Å². The Kier molecular flexibility index (Phi) is 6.39. The fourth-order valence-corrected chi connectivity index (χ4v) is 3.93. The van der Waals surface area contributed by atoms with Crippen molar-refractivity contribution >= 4 is 30.4 Å². The van der Waals surface area contributed by atoms with Gasteiger partial charge in [0.2, 0.25) is 0 Å². The van der Waals surface area contributed by atoms with Gasteiger partial charge in [-0.2, -0.15) is 5.10 Å². The highest BCUT2D eigenvalue weighted by atomic mass is 16.5. The molecular formula is C30H26N2O2. The molecule has 34 heavy (non-hydrogen) atoms. The molecule has 5 rings (SSSR count). The van der Waals surface area contributed by atoms with E-state index in [4.69, 9.17) is 9.47 Å². The molecule has 0 fully saturated rings. The van der Waals surface area contributed by atoms with Crippen LogP contribution in [-0.4, -0.2) is 17.3 Å². The summed E-state index contributed by atoms with van der Waals surface area (Å²) in [5, 5.41) is 7.48. The Morgan fingerprint density at radius 1 is 0.912 bits per heavy atom. The second-order valence-corrected chi connectivity index (χ2v) is 8.16. The van der Waals surface area contributed by atoms with Crippen molar-refractivity contribution in [1.29, 1.82) is 0 Å². The second-order valence-electron chi connectivity index (χ2n) is 8.16. The molecule has 0 bridgehead atoms. The maximum atomic E-state index is 5.91. The number of allylic oxidation sites excluding steroid dienone is 1. The van der Waals surface area contributed by atoms with E-state index in [1.807, 2.05) is 72.8 Å². The first-order valence-corrected chi connectivity index (χ1v) is 11.3. The van der Waals surface area contributed by atoms with Gasteiger partial charge in [0.25, 0.3) is 0 Å². The Morgan fingerprint density at radius 3 is 2.71 bits per heavy atom. The molecule has 4 nitrogen and oxygen atoms in total. The summed E-state index contributed by atoms with van der Waals surface area (Å²) in [5.74, 6) is 1.53. The first-order valence-electron chi connectivity index (χ1n) is 11.3. The number of ether oxygens (including phenoxy) is 2. The predicted octanol–water partition coefficient (Wildman–Crippen LogP) is 6.91. The van der Waals surface area contributed by atoms with Crippen molar-refractivity contribution in [2.75, 3.05) is 7.11 Å². The van der Waals surface area contributed by atoms with E-state index < -0.39 is 0 Å². The number of aromatic amines is 1. The van der Waals surface area contributed by atoms with E-state index in [0.717, 1.165) is 40.4 Å². The van der Waals surface area contributed by atoms with Gasteiger partial charge < -0.3 is 9.47 Å². The Labute approximate surface area is 199 Å². The van der Waals surface area contributed by atoms with Gasteiger partial charge in [0.15, 0.2) is 0 Å². The van der Waals surface area contributed by atoms with E-state index in [1.54, 1.807) is 7.11 Å². The quantitative estimate of drug-likeness (QED) is 0.320. The number of rotatable bonds is 8. The van der Waals surface area contributed by atoms with Gasteiger partial charge in [-0.1, -0.05) is 66.8 Å². The number of H-pyrrole nitrogens is 1. The molecule has 4 heteroatoms. The van der Waals surface area contributed by atoms with Crippen LogP contribution >= 0.6 is 0 Å². The lowest BCUT2D eigenvalue weighted by Gasteiger charge is -2.10. The number of aromatic nitrogens is 2. The van der Waals surface area contributed by atoms with Crippen LogP contribution in [0.4, 0.5) is 0 Å². The summed E-state index contributed by atoms with van der Waals surface area (Å²) in [6, 6.07) is 24.5. The summed E-state index contributed by atoms with van der Waals surface area (Å²) in [6.07, 6.45) is 13.5. The van der Waals surface area contributed by atoms with Gasteiger partial charge in [-0.15, -0.1) is 0 Å². The van der Waals surface area contributed by atoms with Gasteiger partial charge in [0.1, 0.15) is 18.1 Å². The van der Waals surface area contributed by atoms with Crippen molar-refractivity contribution < 1.29 is 9.47 Å². The molecule has 0 atom stereocenters. The number of hydrogen-bond donors (Lipinski definition) is 1. The number of nitrogens with one attached hydrogen (secondary N) is 1. The molecule has 0 spiro atoms. The summed E-state index contributed by atoms with van der Waals surface area (Å²) in [4.78, 5) is 0. The standard InChI is InChI=1S/C30H26N2O2/c1-33-30-20-29(34-21-23-6-3-2-4-7-23)17-14-25(30)13-16-28-19-27(31-32-28)15-11-22-10-12-24-8-5-9-26(24)18-22/h2-8,10-20H,9,21H2,1H3,(H,31,32)/b15-11+,16-13+. The van der Waals surface area contributed by atoms with Crippen molar-refractivity contribution in [1.82, 2.24) is 10.2 Å². The van der Waals surface area contributed by atoms with Crippen molar-refractivity contribution in [2.45, 2.75) is 13.0 Å². The minimum atomic E-state index is 0.520. The molecular weight excluding hydrogens is 420 g/mol. The number of methoxy groups -OCH3 is 1. The smallest absolute Gasteiger partial charge is 0.129 e. The maximum Gasteiger partial charge on any atom is 0.129 e. The van der Waals surface area contributed by atoms with Crippen LogP contribution in [0.25, 0.3) is 30.4 Å². The second kappa shape index (κ2) is 10.1. The van der Waals surface area contributed by atoms with Crippen molar-refractivity contribution in [3.63, 3.8) is 0 Å². The Bertz CT molecular complexity index is 1360. The first kappa shape index (κ1) is 21.5. The van der Waals surface area contributed by atoms with Crippen LogP contribution in [0, 0.1) is 0 Å². The highest BCUT2D eigenvalue weighted by Gasteiger charge is 2.05. The maximum absolute atomic E-state index is 5.91. The van der Waals surface area contributed by atoms with Crippen LogP contribution in [0.15, 0.2) is 78.9 Å². The zero-order valence-electron chi connectivity index (χ0n) is 19.1. The highest BCUT2D eigenvalue weighted by molar-refractivity contribution is 5.75. The van der Waals surface area contributed by atoms with E-state index in [9.17, 15) is 0 Å². The minimum absolute atomic E-state index is 0.520. The van der Waals surface area contributed by atoms with Crippen molar-refractivity contribution in [3.8, 4) is 11.5 Å².